The largest absolute Gasteiger partial charge is 0.490 e. The quantitative estimate of drug-likeness (QED) is 0.761. The molecule has 0 aliphatic rings. The van der Waals surface area contributed by atoms with Crippen molar-refractivity contribution in [1.29, 1.82) is 0 Å². The number of ether oxygens (including phenoxy) is 1. The highest BCUT2D eigenvalue weighted by atomic mass is 16.5. The van der Waals surface area contributed by atoms with Crippen molar-refractivity contribution in [3.8, 4) is 5.75 Å². The van der Waals surface area contributed by atoms with Gasteiger partial charge in [-0.05, 0) is 0 Å². The third-order valence-corrected chi connectivity index (χ3v) is 2.32. The standard InChI is InChI=1S/C11H15N5O2/c1-15-7-9(5-13-15)8-16-11(17)4-10(6-14-16)18-3-2-12/h4-7H,2-3,8,12H2,1H3. The maximum atomic E-state index is 11.8. The SMILES string of the molecule is Cn1cc(Cn2ncc(OCCN)cc2=O)cn1. The summed E-state index contributed by atoms with van der Waals surface area (Å²) in [5.41, 5.74) is 6.02. The van der Waals surface area contributed by atoms with Crippen LogP contribution in [-0.4, -0.2) is 32.7 Å². The fourth-order valence-electron chi connectivity index (χ4n) is 1.52. The predicted octanol–water partition coefficient (Wildman–Crippen LogP) is -0.637. The normalized spacial score (nSPS) is 10.6. The van der Waals surface area contributed by atoms with Crippen molar-refractivity contribution in [2.24, 2.45) is 12.8 Å². The highest BCUT2D eigenvalue weighted by Gasteiger charge is 2.03. The van der Waals surface area contributed by atoms with Crippen molar-refractivity contribution >= 4 is 0 Å². The highest BCUT2D eigenvalue weighted by molar-refractivity contribution is 5.14. The van der Waals surface area contributed by atoms with Gasteiger partial charge in [-0.2, -0.15) is 10.2 Å². The fraction of sp³-hybridized carbons (Fsp3) is 0.364. The molecule has 7 nitrogen and oxygen atoms in total. The van der Waals surface area contributed by atoms with E-state index in [-0.39, 0.29) is 5.56 Å². The van der Waals surface area contributed by atoms with Gasteiger partial charge in [-0.1, -0.05) is 0 Å². The summed E-state index contributed by atoms with van der Waals surface area (Å²) in [5, 5.41) is 8.07. The Morgan fingerprint density at radius 3 is 2.83 bits per heavy atom. The van der Waals surface area contributed by atoms with Crippen LogP contribution in [0, 0.1) is 0 Å². The lowest BCUT2D eigenvalue weighted by Gasteiger charge is -2.05. The van der Waals surface area contributed by atoms with Crippen LogP contribution in [-0.2, 0) is 13.6 Å². The third kappa shape index (κ3) is 2.95. The molecule has 0 aliphatic carbocycles. The molecule has 18 heavy (non-hydrogen) atoms. The van der Waals surface area contributed by atoms with Gasteiger partial charge in [0.1, 0.15) is 12.4 Å². The lowest BCUT2D eigenvalue weighted by atomic mass is 10.3. The van der Waals surface area contributed by atoms with Crippen molar-refractivity contribution in [2.45, 2.75) is 6.54 Å². The van der Waals surface area contributed by atoms with Crippen molar-refractivity contribution in [2.75, 3.05) is 13.2 Å². The van der Waals surface area contributed by atoms with Crippen molar-refractivity contribution in [3.63, 3.8) is 0 Å². The number of hydrogen-bond acceptors (Lipinski definition) is 5. The first-order chi connectivity index (χ1) is 8.69. The predicted molar refractivity (Wildman–Crippen MR) is 65.4 cm³/mol. The lowest BCUT2D eigenvalue weighted by molar-refractivity contribution is 0.324. The van der Waals surface area contributed by atoms with Gasteiger partial charge in [0.2, 0.25) is 0 Å². The van der Waals surface area contributed by atoms with Crippen molar-refractivity contribution < 1.29 is 4.74 Å². The topological polar surface area (TPSA) is 88.0 Å². The van der Waals surface area contributed by atoms with E-state index < -0.39 is 0 Å². The maximum absolute atomic E-state index is 11.8. The second-order valence-electron chi connectivity index (χ2n) is 3.85. The molecule has 2 heterocycles. The molecule has 0 amide bonds. The molecule has 0 bridgehead atoms. The molecule has 0 aliphatic heterocycles. The minimum Gasteiger partial charge on any atom is -0.490 e. The van der Waals surface area contributed by atoms with Crippen LogP contribution >= 0.6 is 0 Å². The molecule has 0 unspecified atom stereocenters. The molecule has 0 atom stereocenters. The number of nitrogens with zero attached hydrogens (tertiary/aromatic N) is 4. The Hall–Kier alpha value is -2.15. The van der Waals surface area contributed by atoms with Crippen LogP contribution in [0.5, 0.6) is 5.75 Å². The highest BCUT2D eigenvalue weighted by Crippen LogP contribution is 2.04. The Labute approximate surface area is 104 Å². The Kier molecular flexibility index (Phi) is 3.73. The first-order valence-electron chi connectivity index (χ1n) is 5.56. The number of hydrogen-bond donors (Lipinski definition) is 1. The van der Waals surface area contributed by atoms with E-state index in [4.69, 9.17) is 10.5 Å². The molecule has 2 N–H and O–H groups in total. The molecule has 2 aromatic rings. The smallest absolute Gasteiger partial charge is 0.270 e. The maximum Gasteiger partial charge on any atom is 0.270 e. The number of nitrogens with two attached hydrogens (primary N) is 1. The fourth-order valence-corrected chi connectivity index (χ4v) is 1.52. The molecular weight excluding hydrogens is 234 g/mol. The van der Waals surface area contributed by atoms with Crippen molar-refractivity contribution in [3.05, 3.63) is 40.6 Å². The molecule has 0 radical (unpaired) electrons. The van der Waals surface area contributed by atoms with E-state index in [1.165, 1.54) is 16.9 Å². The molecule has 2 rings (SSSR count). The van der Waals surface area contributed by atoms with Gasteiger partial charge in [-0.15, -0.1) is 0 Å². The number of aromatic nitrogens is 4. The summed E-state index contributed by atoms with van der Waals surface area (Å²) in [6.07, 6.45) is 5.05. The number of aryl methyl sites for hydroxylation is 1. The van der Waals surface area contributed by atoms with Gasteiger partial charge in [-0.25, -0.2) is 4.68 Å². The summed E-state index contributed by atoms with van der Waals surface area (Å²) in [6, 6.07) is 1.40. The first kappa shape index (κ1) is 12.3. The van der Waals surface area contributed by atoms with Crippen LogP contribution in [0.3, 0.4) is 0 Å². The monoisotopic (exact) mass is 249 g/mol. The van der Waals surface area contributed by atoms with E-state index in [0.29, 0.717) is 25.4 Å². The zero-order valence-electron chi connectivity index (χ0n) is 10.1. The molecule has 0 fully saturated rings. The molecule has 2 aromatic heterocycles. The second kappa shape index (κ2) is 5.46. The summed E-state index contributed by atoms with van der Waals surface area (Å²) >= 11 is 0. The van der Waals surface area contributed by atoms with Gasteiger partial charge in [0.25, 0.3) is 5.56 Å². The van der Waals surface area contributed by atoms with Crippen LogP contribution in [0.2, 0.25) is 0 Å². The lowest BCUT2D eigenvalue weighted by Crippen LogP contribution is -2.23. The van der Waals surface area contributed by atoms with E-state index in [0.717, 1.165) is 5.56 Å². The summed E-state index contributed by atoms with van der Waals surface area (Å²) in [4.78, 5) is 11.8. The zero-order valence-corrected chi connectivity index (χ0v) is 10.1. The van der Waals surface area contributed by atoms with Gasteiger partial charge in [0.05, 0.1) is 18.9 Å². The zero-order chi connectivity index (χ0) is 13.0. The van der Waals surface area contributed by atoms with E-state index in [2.05, 4.69) is 10.2 Å². The molecule has 7 heteroatoms. The molecule has 0 aromatic carbocycles. The van der Waals surface area contributed by atoms with Crippen LogP contribution in [0.1, 0.15) is 5.56 Å². The van der Waals surface area contributed by atoms with E-state index >= 15 is 0 Å². The van der Waals surface area contributed by atoms with E-state index in [9.17, 15) is 4.79 Å². The second-order valence-corrected chi connectivity index (χ2v) is 3.85. The van der Waals surface area contributed by atoms with Crippen LogP contribution in [0.4, 0.5) is 0 Å². The molecular formula is C11H15N5O2. The first-order valence-corrected chi connectivity index (χ1v) is 5.56. The van der Waals surface area contributed by atoms with E-state index in [1.807, 2.05) is 13.2 Å². The molecule has 0 spiro atoms. The summed E-state index contributed by atoms with van der Waals surface area (Å²) in [5.74, 6) is 0.438. The van der Waals surface area contributed by atoms with Crippen molar-refractivity contribution in [1.82, 2.24) is 19.6 Å². The minimum absolute atomic E-state index is 0.214. The van der Waals surface area contributed by atoms with Gasteiger partial charge in [0, 0.05) is 31.4 Å². The van der Waals surface area contributed by atoms with Crippen LogP contribution < -0.4 is 16.0 Å². The average Bonchev–Trinajstić information content (AvgIpc) is 2.75. The Morgan fingerprint density at radius 1 is 1.39 bits per heavy atom. The molecule has 96 valence electrons. The summed E-state index contributed by atoms with van der Waals surface area (Å²) < 4.78 is 8.26. The Balaban J connectivity index is 2.12. The van der Waals surface area contributed by atoms with Gasteiger partial charge in [-0.3, -0.25) is 9.48 Å². The molecule has 0 saturated heterocycles. The van der Waals surface area contributed by atoms with Crippen LogP contribution in [0.25, 0.3) is 0 Å². The van der Waals surface area contributed by atoms with Crippen LogP contribution in [0.15, 0.2) is 29.5 Å². The number of rotatable bonds is 5. The minimum atomic E-state index is -0.214. The average molecular weight is 249 g/mol. The third-order valence-electron chi connectivity index (χ3n) is 2.32. The van der Waals surface area contributed by atoms with Gasteiger partial charge >= 0.3 is 0 Å². The van der Waals surface area contributed by atoms with Gasteiger partial charge < -0.3 is 10.5 Å². The Morgan fingerprint density at radius 2 is 2.22 bits per heavy atom. The molecule has 0 saturated carbocycles. The summed E-state index contributed by atoms with van der Waals surface area (Å²) in [7, 11) is 1.82. The summed E-state index contributed by atoms with van der Waals surface area (Å²) in [6.45, 7) is 1.16. The van der Waals surface area contributed by atoms with E-state index in [1.54, 1.807) is 10.9 Å². The Bertz CT molecular complexity index is 575. The van der Waals surface area contributed by atoms with Gasteiger partial charge in [0.15, 0.2) is 0 Å².